The summed E-state index contributed by atoms with van der Waals surface area (Å²) in [6.45, 7) is 8.12. The third-order valence-corrected chi connectivity index (χ3v) is 14.6. The number of aryl methyl sites for hydroxylation is 1. The number of amides is 4. The van der Waals surface area contributed by atoms with Crippen LogP contribution in [0.15, 0.2) is 30.4 Å². The van der Waals surface area contributed by atoms with E-state index in [-0.39, 0.29) is 79.3 Å². The molecule has 5 unspecified atom stereocenters. The number of unbranched alkanes of at least 4 members (excludes halogenated alkanes) is 3. The summed E-state index contributed by atoms with van der Waals surface area (Å²) in [5.74, 6) is 3.89. The number of fused-ring (bicyclic) bond motifs is 3. The first kappa shape index (κ1) is 52.6. The van der Waals surface area contributed by atoms with E-state index in [9.17, 15) is 39.0 Å². The fourth-order valence-corrected chi connectivity index (χ4v) is 10.8. The van der Waals surface area contributed by atoms with Crippen LogP contribution >= 0.6 is 11.8 Å². The summed E-state index contributed by atoms with van der Waals surface area (Å²) in [6, 6.07) is 5.96. The highest BCUT2D eigenvalue weighted by Gasteiger charge is 2.52. The molecule has 4 aliphatic rings. The lowest BCUT2D eigenvalue weighted by Crippen LogP contribution is -2.41. The maximum Gasteiger partial charge on any atom is 0.310 e. The van der Waals surface area contributed by atoms with Crippen LogP contribution in [0, 0.1) is 35.5 Å². The lowest BCUT2D eigenvalue weighted by molar-refractivity contribution is -0.161. The second-order valence-corrected chi connectivity index (χ2v) is 19.6. The molecule has 2 aliphatic heterocycles. The first-order chi connectivity index (χ1) is 31.9. The summed E-state index contributed by atoms with van der Waals surface area (Å²) in [5.41, 5.74) is 1.95. The average molecular weight is 936 g/mol. The molecule has 14 nitrogen and oxygen atoms in total. The van der Waals surface area contributed by atoms with E-state index in [1.807, 2.05) is 38.1 Å². The molecule has 1 aromatic rings. The monoisotopic (exact) mass is 935 g/mol. The molecule has 2 aliphatic carbocycles. The minimum absolute atomic E-state index is 0.0670. The number of nitrogens with zero attached hydrogens (tertiary/aromatic N) is 1. The van der Waals surface area contributed by atoms with Gasteiger partial charge >= 0.3 is 11.9 Å². The van der Waals surface area contributed by atoms with Crippen LogP contribution in [0.25, 0.3) is 0 Å². The van der Waals surface area contributed by atoms with Gasteiger partial charge in [-0.05, 0) is 75.5 Å². The molecule has 5 rings (SSSR count). The van der Waals surface area contributed by atoms with Gasteiger partial charge in [-0.2, -0.15) is 0 Å². The summed E-state index contributed by atoms with van der Waals surface area (Å²) in [7, 11) is 0. The summed E-state index contributed by atoms with van der Waals surface area (Å²) in [5, 5.41) is 25.7. The molecule has 2 heterocycles. The van der Waals surface area contributed by atoms with E-state index in [0.29, 0.717) is 71.2 Å². The highest BCUT2D eigenvalue weighted by molar-refractivity contribution is 8.00. The van der Waals surface area contributed by atoms with Gasteiger partial charge in [0.1, 0.15) is 18.0 Å². The average Bonchev–Trinajstić information content (AvgIpc) is 3.93. The van der Waals surface area contributed by atoms with Gasteiger partial charge in [-0.3, -0.25) is 33.7 Å². The maximum absolute atomic E-state index is 14.1. The van der Waals surface area contributed by atoms with Crippen molar-refractivity contribution >= 4 is 47.3 Å². The second-order valence-electron chi connectivity index (χ2n) is 18.3. The van der Waals surface area contributed by atoms with Gasteiger partial charge in [-0.15, -0.1) is 23.6 Å². The van der Waals surface area contributed by atoms with Crippen LogP contribution in [0.2, 0.25) is 0 Å². The summed E-state index contributed by atoms with van der Waals surface area (Å²) in [6.07, 6.45) is 12.5. The zero-order valence-corrected chi connectivity index (χ0v) is 40.1. The van der Waals surface area contributed by atoms with Crippen molar-refractivity contribution in [3.05, 3.63) is 41.5 Å². The summed E-state index contributed by atoms with van der Waals surface area (Å²) in [4.78, 5) is 77.8. The number of aliphatic hydroxyl groups excluding tert-OH is 1. The van der Waals surface area contributed by atoms with E-state index < -0.39 is 35.3 Å². The van der Waals surface area contributed by atoms with Crippen molar-refractivity contribution in [2.24, 2.45) is 23.7 Å². The van der Waals surface area contributed by atoms with E-state index in [4.69, 9.17) is 14.2 Å². The van der Waals surface area contributed by atoms with Crippen molar-refractivity contribution in [3.8, 4) is 17.6 Å². The van der Waals surface area contributed by atoms with Crippen LogP contribution < -0.4 is 15.4 Å². The number of ether oxygens (including phenoxy) is 3. The van der Waals surface area contributed by atoms with Gasteiger partial charge < -0.3 is 35.1 Å². The van der Waals surface area contributed by atoms with Crippen molar-refractivity contribution in [3.63, 3.8) is 0 Å². The zero-order chi connectivity index (χ0) is 47.4. The van der Waals surface area contributed by atoms with E-state index >= 15 is 0 Å². The third-order valence-electron chi connectivity index (χ3n) is 13.3. The van der Waals surface area contributed by atoms with Crippen LogP contribution in [0.4, 0.5) is 0 Å². The maximum atomic E-state index is 14.1. The molecular weight excluding hydrogens is 863 g/mol. The molecule has 9 atom stereocenters. The standard InChI is InChI=1S/C51H73N3O11S/c1-4-6-16-34(3)40(55)24-23-38-41(32-42-47(38)39-21-13-17-35(48(39)64-42)18-14-22-46(58)59)65-51(62)37-20-10-9-19-36(37)49(60)53-26-11-7-8-12-31-66-43-33-45(57)54(50(43)61)28-25-44(56)52-27-15-30-63-29-5-2/h13,17,21,23-24,34,36-38,40-43,47,55H,5,7-12,14-16,18-20,22,25-33H2,1-3H3,(H,52,56)(H,53,60)(H,58,59)/b24-23+/t34?,36?,37?,38-,40+,41?,42-,43?,47-/m0/s1. The largest absolute Gasteiger partial charge is 0.489 e. The lowest BCUT2D eigenvalue weighted by atomic mass is 9.78. The quantitative estimate of drug-likeness (QED) is 0.0234. The minimum atomic E-state index is -0.839. The predicted molar refractivity (Wildman–Crippen MR) is 252 cm³/mol. The van der Waals surface area contributed by atoms with E-state index in [1.54, 1.807) is 13.0 Å². The van der Waals surface area contributed by atoms with Gasteiger partial charge in [0.2, 0.25) is 23.6 Å². The normalized spacial score (nSPS) is 24.2. The number of aliphatic hydroxyl groups is 1. The van der Waals surface area contributed by atoms with Gasteiger partial charge in [-0.25, -0.2) is 0 Å². The lowest BCUT2D eigenvalue weighted by Gasteiger charge is -2.31. The third kappa shape index (κ3) is 15.3. The fraction of sp³-hybridized carbons (Fsp3) is 0.686. The van der Waals surface area contributed by atoms with Crippen LogP contribution in [0.3, 0.4) is 0 Å². The van der Waals surface area contributed by atoms with E-state index in [1.165, 1.54) is 16.7 Å². The van der Waals surface area contributed by atoms with Gasteiger partial charge in [-0.1, -0.05) is 69.9 Å². The smallest absolute Gasteiger partial charge is 0.310 e. The van der Waals surface area contributed by atoms with Crippen molar-refractivity contribution in [1.82, 2.24) is 15.5 Å². The Balaban J connectivity index is 1.06. The zero-order valence-electron chi connectivity index (χ0n) is 39.3. The number of rotatable bonds is 28. The van der Waals surface area contributed by atoms with Gasteiger partial charge in [0.25, 0.3) is 0 Å². The number of carbonyl (C=O) groups excluding carboxylic acids is 5. The molecule has 0 spiro atoms. The Morgan fingerprint density at radius 3 is 2.55 bits per heavy atom. The Kier molecular flexibility index (Phi) is 21.9. The summed E-state index contributed by atoms with van der Waals surface area (Å²) >= 11 is 1.49. The number of carboxylic acids is 1. The minimum Gasteiger partial charge on any atom is -0.489 e. The van der Waals surface area contributed by atoms with Crippen molar-refractivity contribution in [2.45, 2.75) is 159 Å². The SMILES string of the molecule is CC#CCC(C)[C@H](O)/C=C/[C@H]1C(OC(=O)C2CCCCC2C(=O)NCCCCCCSC2CC(=O)N(CCC(=O)NCCCOCCC)C2=O)C[C@@H]2Oc3c(CCCC(=O)O)cccc3[C@@H]21. The van der Waals surface area contributed by atoms with Gasteiger partial charge in [0.15, 0.2) is 0 Å². The molecule has 1 aromatic carbocycles. The molecule has 3 fully saturated rings. The number of nitrogens with one attached hydrogen (secondary N) is 2. The highest BCUT2D eigenvalue weighted by Crippen LogP contribution is 2.53. The Morgan fingerprint density at radius 2 is 1.77 bits per heavy atom. The molecule has 4 amide bonds. The number of thioether (sulfide) groups is 1. The Bertz CT molecular complexity index is 1900. The number of hydrogen-bond acceptors (Lipinski definition) is 11. The van der Waals surface area contributed by atoms with Crippen molar-refractivity contribution in [2.75, 3.05) is 38.6 Å². The number of aliphatic carboxylic acids is 1. The number of carboxylic acid groups (broad SMARTS) is 1. The molecule has 66 heavy (non-hydrogen) atoms. The molecule has 2 saturated carbocycles. The number of hydrogen-bond donors (Lipinski definition) is 4. The number of likely N-dealkylation sites (tertiary alicyclic amines) is 1. The second kappa shape index (κ2) is 27.4. The van der Waals surface area contributed by atoms with Crippen LogP contribution in [0.1, 0.15) is 141 Å². The molecule has 4 N–H and O–H groups in total. The first-order valence-electron chi connectivity index (χ1n) is 24.5. The van der Waals surface area contributed by atoms with Gasteiger partial charge in [0.05, 0.1) is 23.2 Å². The van der Waals surface area contributed by atoms with Gasteiger partial charge in [0, 0.05) is 82.4 Å². The predicted octanol–water partition coefficient (Wildman–Crippen LogP) is 6.50. The molecule has 0 bridgehead atoms. The van der Waals surface area contributed by atoms with Crippen molar-refractivity contribution in [1.29, 1.82) is 0 Å². The molecule has 15 heteroatoms. The van der Waals surface area contributed by atoms with Crippen LogP contribution in [-0.4, -0.2) is 113 Å². The topological polar surface area (TPSA) is 198 Å². The summed E-state index contributed by atoms with van der Waals surface area (Å²) < 4.78 is 18.4. The van der Waals surface area contributed by atoms with E-state index in [2.05, 4.69) is 22.5 Å². The van der Waals surface area contributed by atoms with Crippen molar-refractivity contribution < 1.29 is 53.2 Å². The molecule has 364 valence electrons. The molecule has 0 aromatic heterocycles. The highest BCUT2D eigenvalue weighted by atomic mass is 32.2. The Labute approximate surface area is 395 Å². The molecule has 1 saturated heterocycles. The number of esters is 1. The first-order valence-corrected chi connectivity index (χ1v) is 25.5. The fourth-order valence-electron chi connectivity index (χ4n) is 9.60. The Morgan fingerprint density at radius 1 is 1.00 bits per heavy atom. The number of imide groups is 1. The van der Waals surface area contributed by atoms with Crippen LogP contribution in [-0.2, 0) is 44.7 Å². The molecule has 0 radical (unpaired) electrons. The number of carbonyl (C=O) groups is 6. The number of para-hydroxylation sites is 1. The van der Waals surface area contributed by atoms with E-state index in [0.717, 1.165) is 67.6 Å². The number of benzene rings is 1. The molecular formula is C51H73N3O11S. The Hall–Kier alpha value is -4.39. The van der Waals surface area contributed by atoms with Crippen LogP contribution in [0.5, 0.6) is 5.75 Å².